The molecule has 0 bridgehead atoms. The number of ketones is 1. The third-order valence-electron chi connectivity index (χ3n) is 8.67. The molecule has 1 aliphatic heterocycles. The number of hydrogen-bond donors (Lipinski definition) is 1. The van der Waals surface area contributed by atoms with Crippen molar-refractivity contribution >= 4 is 5.78 Å². The molecule has 0 aromatic heterocycles. The van der Waals surface area contributed by atoms with E-state index in [1.807, 2.05) is 6.08 Å². The lowest BCUT2D eigenvalue weighted by Crippen LogP contribution is -2.59. The summed E-state index contributed by atoms with van der Waals surface area (Å²) in [4.78, 5) is 11.9. The summed E-state index contributed by atoms with van der Waals surface area (Å²) in [6.07, 6.45) is 7.78. The van der Waals surface area contributed by atoms with E-state index in [2.05, 4.69) is 19.9 Å². The molecule has 4 nitrogen and oxygen atoms in total. The molecule has 1 saturated heterocycles. The summed E-state index contributed by atoms with van der Waals surface area (Å²) in [5, 5.41) is 20.5. The van der Waals surface area contributed by atoms with Crippen molar-refractivity contribution in [1.82, 2.24) is 0 Å². The first-order valence-corrected chi connectivity index (χ1v) is 9.36. The first-order chi connectivity index (χ1) is 11.3. The van der Waals surface area contributed by atoms with Gasteiger partial charge in [-0.15, -0.1) is 0 Å². The molecule has 7 atom stereocenters. The van der Waals surface area contributed by atoms with Gasteiger partial charge in [0, 0.05) is 17.3 Å². The van der Waals surface area contributed by atoms with Crippen LogP contribution in [0.5, 0.6) is 0 Å². The van der Waals surface area contributed by atoms with Gasteiger partial charge in [-0.05, 0) is 56.4 Å². The van der Waals surface area contributed by atoms with Gasteiger partial charge < -0.3 is 9.84 Å². The van der Waals surface area contributed by atoms with E-state index in [0.29, 0.717) is 24.7 Å². The van der Waals surface area contributed by atoms with Gasteiger partial charge in [-0.2, -0.15) is 5.26 Å². The molecule has 0 amide bonds. The van der Waals surface area contributed by atoms with Crippen LogP contribution in [0.4, 0.5) is 0 Å². The third-order valence-corrected chi connectivity index (χ3v) is 8.67. The predicted molar refractivity (Wildman–Crippen MR) is 86.8 cm³/mol. The number of fused-ring (bicyclic) bond motifs is 3. The van der Waals surface area contributed by atoms with Gasteiger partial charge in [0.1, 0.15) is 5.60 Å². The lowest BCUT2D eigenvalue weighted by atomic mass is 9.46. The number of hydrogen-bond acceptors (Lipinski definition) is 4. The second kappa shape index (κ2) is 4.14. The van der Waals surface area contributed by atoms with Crippen molar-refractivity contribution in [2.45, 2.75) is 76.1 Å². The third kappa shape index (κ3) is 1.39. The van der Waals surface area contributed by atoms with E-state index < -0.39 is 5.60 Å². The smallest absolute Gasteiger partial charge is 0.156 e. The van der Waals surface area contributed by atoms with E-state index in [1.54, 1.807) is 0 Å². The Kier molecular flexibility index (Phi) is 2.60. The highest BCUT2D eigenvalue weighted by atomic mass is 16.6. The van der Waals surface area contributed by atoms with E-state index in [1.165, 1.54) is 5.57 Å². The molecule has 1 spiro atoms. The Balaban J connectivity index is 1.60. The normalized spacial score (nSPS) is 57.8. The van der Waals surface area contributed by atoms with Crippen LogP contribution in [0.15, 0.2) is 11.6 Å². The molecule has 4 aliphatic carbocycles. The Morgan fingerprint density at radius 3 is 2.79 bits per heavy atom. The van der Waals surface area contributed by atoms with Crippen molar-refractivity contribution in [3.63, 3.8) is 0 Å². The lowest BCUT2D eigenvalue weighted by Gasteiger charge is -2.56. The van der Waals surface area contributed by atoms with Crippen LogP contribution in [0.1, 0.15) is 58.8 Å². The maximum absolute atomic E-state index is 11.9. The molecule has 128 valence electrons. The van der Waals surface area contributed by atoms with Gasteiger partial charge in [0.15, 0.2) is 11.4 Å². The second-order valence-electron chi connectivity index (χ2n) is 9.25. The molecule has 24 heavy (non-hydrogen) atoms. The molecular formula is C20H25NO3. The minimum atomic E-state index is -1.21. The molecule has 1 N–H and O–H groups in total. The fourth-order valence-corrected chi connectivity index (χ4v) is 7.20. The van der Waals surface area contributed by atoms with Gasteiger partial charge in [0.2, 0.25) is 0 Å². The summed E-state index contributed by atoms with van der Waals surface area (Å²) < 4.78 is 6.44. The van der Waals surface area contributed by atoms with E-state index in [4.69, 9.17) is 4.74 Å². The summed E-state index contributed by atoms with van der Waals surface area (Å²) in [6, 6.07) is 2.23. The number of carbonyl (C=O) groups is 1. The van der Waals surface area contributed by atoms with Gasteiger partial charge in [-0.1, -0.05) is 19.4 Å². The molecule has 0 aromatic carbocycles. The number of nitrogens with zero attached hydrogens (tertiary/aromatic N) is 1. The topological polar surface area (TPSA) is 73.6 Å². The van der Waals surface area contributed by atoms with Crippen LogP contribution in [0.2, 0.25) is 0 Å². The molecule has 0 unspecified atom stereocenters. The van der Waals surface area contributed by atoms with E-state index in [0.717, 1.165) is 32.1 Å². The highest BCUT2D eigenvalue weighted by Gasteiger charge is 2.80. The van der Waals surface area contributed by atoms with Crippen molar-refractivity contribution in [2.75, 3.05) is 0 Å². The lowest BCUT2D eigenvalue weighted by molar-refractivity contribution is -0.117. The maximum atomic E-state index is 11.9. The van der Waals surface area contributed by atoms with Crippen LogP contribution in [0.25, 0.3) is 0 Å². The van der Waals surface area contributed by atoms with Crippen molar-refractivity contribution in [3.05, 3.63) is 11.6 Å². The molecule has 5 aliphatic rings. The zero-order chi connectivity index (χ0) is 17.0. The average molecular weight is 327 g/mol. The quantitative estimate of drug-likeness (QED) is 0.548. The number of nitriles is 1. The van der Waals surface area contributed by atoms with Crippen molar-refractivity contribution in [3.8, 4) is 6.07 Å². The van der Waals surface area contributed by atoms with Gasteiger partial charge in [0.05, 0.1) is 12.2 Å². The number of carbonyl (C=O) groups excluding carboxylic acids is 1. The van der Waals surface area contributed by atoms with E-state index >= 15 is 0 Å². The van der Waals surface area contributed by atoms with Crippen LogP contribution < -0.4 is 0 Å². The number of aliphatic hydroxyl groups is 1. The Bertz CT molecular complexity index is 723. The van der Waals surface area contributed by atoms with Gasteiger partial charge in [0.25, 0.3) is 0 Å². The summed E-state index contributed by atoms with van der Waals surface area (Å²) in [5.74, 6) is 1.01. The summed E-state index contributed by atoms with van der Waals surface area (Å²) in [7, 11) is 0. The zero-order valence-corrected chi connectivity index (χ0v) is 14.5. The molecule has 1 heterocycles. The number of ether oxygens (including phenoxy) is 1. The standard InChI is InChI=1S/C20H25NO3/c1-17-7-5-13(22)9-12(17)3-4-15-14-6-8-19(23,11-21)18(14,2)10-16-20(15,17)24-16/h9,14-16,23H,3-8,10H2,1-2H3/t14-,15-,16-,17-,18-,19-,20+/m0/s1. The zero-order valence-electron chi connectivity index (χ0n) is 14.5. The summed E-state index contributed by atoms with van der Waals surface area (Å²) in [5.41, 5.74) is -0.477. The van der Waals surface area contributed by atoms with Crippen molar-refractivity contribution in [2.24, 2.45) is 22.7 Å². The van der Waals surface area contributed by atoms with Crippen LogP contribution >= 0.6 is 0 Å². The Labute approximate surface area is 142 Å². The average Bonchev–Trinajstić information content (AvgIpc) is 3.21. The molecule has 4 heteroatoms. The number of rotatable bonds is 0. The highest BCUT2D eigenvalue weighted by molar-refractivity contribution is 5.91. The highest BCUT2D eigenvalue weighted by Crippen LogP contribution is 2.76. The molecule has 0 aromatic rings. The van der Waals surface area contributed by atoms with Crippen LogP contribution in [0.3, 0.4) is 0 Å². The first kappa shape index (κ1) is 15.1. The summed E-state index contributed by atoms with van der Waals surface area (Å²) >= 11 is 0. The number of epoxide rings is 1. The van der Waals surface area contributed by atoms with Crippen LogP contribution in [-0.4, -0.2) is 28.2 Å². The van der Waals surface area contributed by atoms with Gasteiger partial charge >= 0.3 is 0 Å². The molecule has 5 rings (SSSR count). The molecule has 4 fully saturated rings. The molecular weight excluding hydrogens is 302 g/mol. The maximum Gasteiger partial charge on any atom is 0.156 e. The second-order valence-corrected chi connectivity index (χ2v) is 9.25. The fourth-order valence-electron chi connectivity index (χ4n) is 7.20. The van der Waals surface area contributed by atoms with E-state index in [-0.39, 0.29) is 28.3 Å². The van der Waals surface area contributed by atoms with Gasteiger partial charge in [-0.25, -0.2) is 0 Å². The Hall–Kier alpha value is -1.18. The van der Waals surface area contributed by atoms with E-state index in [9.17, 15) is 15.2 Å². The Morgan fingerprint density at radius 2 is 2.04 bits per heavy atom. The SMILES string of the molecule is C[C@]12CCC(=O)C=C1CC[C@H]1[C@@H]3CC[C@](O)(C#N)[C@@]3(C)C[C@@H]3O[C@@]312. The van der Waals surface area contributed by atoms with Crippen molar-refractivity contribution in [1.29, 1.82) is 5.26 Å². The molecule has 0 radical (unpaired) electrons. The van der Waals surface area contributed by atoms with Crippen LogP contribution in [0, 0.1) is 34.0 Å². The monoisotopic (exact) mass is 327 g/mol. The van der Waals surface area contributed by atoms with Crippen molar-refractivity contribution < 1.29 is 14.6 Å². The first-order valence-electron chi connectivity index (χ1n) is 9.36. The predicted octanol–water partition coefficient (Wildman–Crippen LogP) is 2.90. The summed E-state index contributed by atoms with van der Waals surface area (Å²) in [6.45, 7) is 4.41. The fraction of sp³-hybridized carbons (Fsp3) is 0.800. The van der Waals surface area contributed by atoms with Gasteiger partial charge in [-0.3, -0.25) is 4.79 Å². The minimum absolute atomic E-state index is 0.0385. The van der Waals surface area contributed by atoms with Crippen LogP contribution in [-0.2, 0) is 9.53 Å². The largest absolute Gasteiger partial charge is 0.375 e. The molecule has 3 saturated carbocycles. The Morgan fingerprint density at radius 1 is 1.25 bits per heavy atom. The minimum Gasteiger partial charge on any atom is -0.375 e.